The molecule has 2 bridgehead atoms. The molecule has 1 saturated carbocycles. The molecule has 1 saturated heterocycles. The number of hydrogen-bond acceptors (Lipinski definition) is 6. The Morgan fingerprint density at radius 3 is 2.73 bits per heavy atom. The second-order valence-electron chi connectivity index (χ2n) is 10.4. The van der Waals surface area contributed by atoms with E-state index in [0.29, 0.717) is 17.7 Å². The molecule has 3 aliphatic carbocycles. The van der Waals surface area contributed by atoms with Crippen LogP contribution in [0, 0.1) is 0 Å². The van der Waals surface area contributed by atoms with E-state index in [0.717, 1.165) is 18.5 Å². The van der Waals surface area contributed by atoms with Gasteiger partial charge in [-0.15, -0.1) is 0 Å². The van der Waals surface area contributed by atoms with Gasteiger partial charge in [-0.3, -0.25) is 19.3 Å². The molecule has 2 amide bonds. The number of aromatic amines is 1. The zero-order chi connectivity index (χ0) is 23.5. The maximum absolute atomic E-state index is 12.8. The van der Waals surface area contributed by atoms with Crippen molar-refractivity contribution in [2.75, 3.05) is 13.6 Å². The maximum Gasteiger partial charge on any atom is 0.261 e. The third-order valence-electron chi connectivity index (χ3n) is 8.62. The van der Waals surface area contributed by atoms with E-state index < -0.39 is 34.4 Å². The minimum atomic E-state index is -1.11. The van der Waals surface area contributed by atoms with Gasteiger partial charge in [-0.25, -0.2) is 0 Å². The van der Waals surface area contributed by atoms with E-state index in [2.05, 4.69) is 15.2 Å². The SMILES string of the molecule is CC(NC(=O)c1cc2c([nH]c1=O)CC13CC4(CN(C)C4C1(O)C2)c1ccc(O)cc13)C(N)=O. The predicted molar refractivity (Wildman–Crippen MR) is 118 cm³/mol. The Bertz CT molecular complexity index is 1320. The van der Waals surface area contributed by atoms with Gasteiger partial charge in [0.25, 0.3) is 11.5 Å². The van der Waals surface area contributed by atoms with Crippen LogP contribution in [0.5, 0.6) is 5.75 Å². The number of aromatic nitrogens is 1. The van der Waals surface area contributed by atoms with Gasteiger partial charge < -0.3 is 26.2 Å². The molecule has 1 aliphatic heterocycles. The number of pyridine rings is 1. The van der Waals surface area contributed by atoms with E-state index >= 15 is 0 Å². The number of amides is 2. The summed E-state index contributed by atoms with van der Waals surface area (Å²) < 4.78 is 0. The molecule has 0 radical (unpaired) electrons. The number of nitrogens with zero attached hydrogens (tertiary/aromatic N) is 1. The fraction of sp³-hybridized carbons (Fsp3) is 0.458. The van der Waals surface area contributed by atoms with E-state index in [1.165, 1.54) is 18.6 Å². The molecule has 172 valence electrons. The Labute approximate surface area is 189 Å². The monoisotopic (exact) mass is 450 g/mol. The average Bonchev–Trinajstić information content (AvgIpc) is 3.10. The van der Waals surface area contributed by atoms with Crippen molar-refractivity contribution in [1.29, 1.82) is 0 Å². The summed E-state index contributed by atoms with van der Waals surface area (Å²) in [6.45, 7) is 2.28. The highest BCUT2D eigenvalue weighted by molar-refractivity contribution is 5.97. The summed E-state index contributed by atoms with van der Waals surface area (Å²) in [5, 5.41) is 25.0. The summed E-state index contributed by atoms with van der Waals surface area (Å²) >= 11 is 0. The number of phenols is 1. The Morgan fingerprint density at radius 1 is 1.27 bits per heavy atom. The Hall–Kier alpha value is -3.17. The van der Waals surface area contributed by atoms with Crippen LogP contribution in [0.4, 0.5) is 0 Å². The molecule has 2 heterocycles. The molecule has 5 atom stereocenters. The molecule has 9 nitrogen and oxygen atoms in total. The van der Waals surface area contributed by atoms with Gasteiger partial charge in [0.15, 0.2) is 0 Å². The van der Waals surface area contributed by atoms with Crippen molar-refractivity contribution in [1.82, 2.24) is 15.2 Å². The summed E-state index contributed by atoms with van der Waals surface area (Å²) in [7, 11) is 2.01. The average molecular weight is 450 g/mol. The van der Waals surface area contributed by atoms with Crippen LogP contribution in [0.15, 0.2) is 29.1 Å². The lowest BCUT2D eigenvalue weighted by atomic mass is 9.55. The number of benzene rings is 1. The van der Waals surface area contributed by atoms with Gasteiger partial charge in [0.05, 0.1) is 11.6 Å². The topological polar surface area (TPSA) is 149 Å². The van der Waals surface area contributed by atoms with Crippen LogP contribution in [-0.4, -0.2) is 63.2 Å². The molecule has 5 unspecified atom stereocenters. The lowest BCUT2D eigenvalue weighted by Gasteiger charge is -2.61. The van der Waals surface area contributed by atoms with Gasteiger partial charge in [-0.2, -0.15) is 0 Å². The second-order valence-corrected chi connectivity index (χ2v) is 10.4. The van der Waals surface area contributed by atoms with Crippen LogP contribution in [0.1, 0.15) is 46.1 Å². The molecule has 2 fully saturated rings. The number of likely N-dealkylation sites (tertiary alicyclic amines) is 1. The van der Waals surface area contributed by atoms with Crippen LogP contribution in [0.2, 0.25) is 0 Å². The number of carbonyl (C=O) groups is 2. The van der Waals surface area contributed by atoms with Crippen LogP contribution >= 0.6 is 0 Å². The largest absolute Gasteiger partial charge is 0.508 e. The number of nitrogens with one attached hydrogen (secondary N) is 2. The molecule has 1 aromatic carbocycles. The van der Waals surface area contributed by atoms with E-state index in [4.69, 9.17) is 5.73 Å². The van der Waals surface area contributed by atoms with Crippen molar-refractivity contribution in [2.45, 2.75) is 54.7 Å². The molecular formula is C24H26N4O5. The van der Waals surface area contributed by atoms with E-state index in [1.54, 1.807) is 12.1 Å². The number of carbonyl (C=O) groups excluding carboxylic acids is 2. The molecule has 33 heavy (non-hydrogen) atoms. The highest BCUT2D eigenvalue weighted by Crippen LogP contribution is 2.72. The Morgan fingerprint density at radius 2 is 2.03 bits per heavy atom. The van der Waals surface area contributed by atoms with Crippen molar-refractivity contribution in [3.63, 3.8) is 0 Å². The normalized spacial score (nSPS) is 33.8. The van der Waals surface area contributed by atoms with Gasteiger partial charge in [-0.1, -0.05) is 6.07 Å². The highest BCUT2D eigenvalue weighted by atomic mass is 16.3. The van der Waals surface area contributed by atoms with Crippen LogP contribution in [0.25, 0.3) is 0 Å². The number of phenolic OH excluding ortho intramolecular Hbond substituents is 1. The van der Waals surface area contributed by atoms with Crippen molar-refractivity contribution < 1.29 is 19.8 Å². The molecule has 1 aromatic heterocycles. The van der Waals surface area contributed by atoms with E-state index in [9.17, 15) is 24.6 Å². The first-order valence-corrected chi connectivity index (χ1v) is 11.1. The van der Waals surface area contributed by atoms with Gasteiger partial charge in [-0.05, 0) is 55.3 Å². The Kier molecular flexibility index (Phi) is 3.74. The van der Waals surface area contributed by atoms with Gasteiger partial charge in [0, 0.05) is 35.9 Å². The number of fused-ring (bicyclic) bond motifs is 3. The highest BCUT2D eigenvalue weighted by Gasteiger charge is 2.80. The molecular weight excluding hydrogens is 424 g/mol. The van der Waals surface area contributed by atoms with E-state index in [1.807, 2.05) is 13.1 Å². The first-order valence-electron chi connectivity index (χ1n) is 11.1. The van der Waals surface area contributed by atoms with Crippen molar-refractivity contribution in [2.24, 2.45) is 5.73 Å². The smallest absolute Gasteiger partial charge is 0.261 e. The zero-order valence-electron chi connectivity index (χ0n) is 18.4. The van der Waals surface area contributed by atoms with Crippen molar-refractivity contribution in [3.05, 3.63) is 62.6 Å². The third-order valence-corrected chi connectivity index (χ3v) is 8.62. The number of aliphatic hydroxyl groups is 1. The number of primary amides is 1. The quantitative estimate of drug-likeness (QED) is 0.423. The minimum absolute atomic E-state index is 0.0886. The second kappa shape index (κ2) is 6.03. The summed E-state index contributed by atoms with van der Waals surface area (Å²) in [6, 6.07) is 5.97. The van der Waals surface area contributed by atoms with Crippen LogP contribution < -0.4 is 16.6 Å². The summed E-state index contributed by atoms with van der Waals surface area (Å²) in [6.07, 6.45) is 1.44. The van der Waals surface area contributed by atoms with Crippen molar-refractivity contribution >= 4 is 11.8 Å². The first kappa shape index (κ1) is 20.4. The van der Waals surface area contributed by atoms with E-state index in [-0.39, 0.29) is 29.2 Å². The minimum Gasteiger partial charge on any atom is -0.508 e. The summed E-state index contributed by atoms with van der Waals surface area (Å²) in [4.78, 5) is 41.8. The number of H-pyrrole nitrogens is 1. The number of aromatic hydroxyl groups is 1. The molecule has 2 aromatic rings. The Balaban J connectivity index is 1.47. The lowest BCUT2D eigenvalue weighted by Crippen LogP contribution is -2.74. The third kappa shape index (κ3) is 2.26. The summed E-state index contributed by atoms with van der Waals surface area (Å²) in [5.41, 5.74) is 6.17. The summed E-state index contributed by atoms with van der Waals surface area (Å²) in [5.74, 6) is -1.22. The van der Waals surface area contributed by atoms with Crippen LogP contribution in [-0.2, 0) is 28.5 Å². The van der Waals surface area contributed by atoms with Gasteiger partial charge in [0.1, 0.15) is 17.4 Å². The van der Waals surface area contributed by atoms with Gasteiger partial charge >= 0.3 is 0 Å². The lowest BCUT2D eigenvalue weighted by molar-refractivity contribution is -0.126. The fourth-order valence-electron chi connectivity index (χ4n) is 7.49. The standard InChI is InChI=1S/C24H26N4O5/c1-11(18(25)30)26-19(31)14-5-12-7-24(33)21-22(10-28(21)2)9-23(24,8-17(12)27-20(14)32)16-6-13(29)3-4-15(16)22/h3-6,11,21,29,33H,7-10H2,1-2H3,(H2,25,30)(H,26,31)(H,27,32). The number of hydrogen-bond donors (Lipinski definition) is 5. The molecule has 4 aliphatic rings. The molecule has 9 heteroatoms. The molecule has 6 rings (SSSR count). The molecule has 2 spiro atoms. The fourth-order valence-corrected chi connectivity index (χ4v) is 7.49. The first-order chi connectivity index (χ1) is 15.5. The van der Waals surface area contributed by atoms with Crippen molar-refractivity contribution in [3.8, 4) is 5.75 Å². The van der Waals surface area contributed by atoms with Gasteiger partial charge in [0.2, 0.25) is 5.91 Å². The van der Waals surface area contributed by atoms with Crippen LogP contribution in [0.3, 0.4) is 0 Å². The molecule has 6 N–H and O–H groups in total. The number of nitrogens with two attached hydrogens (primary N) is 1. The number of likely N-dealkylation sites (N-methyl/N-ethyl adjacent to an activating group) is 1. The predicted octanol–water partition coefficient (Wildman–Crippen LogP) is -0.579. The zero-order valence-corrected chi connectivity index (χ0v) is 18.4. The maximum atomic E-state index is 12.8. The number of rotatable bonds is 3.